The first-order chi connectivity index (χ1) is 20.0. The van der Waals surface area contributed by atoms with Crippen LogP contribution >= 0.6 is 0 Å². The summed E-state index contributed by atoms with van der Waals surface area (Å²) < 4.78 is 0. The second kappa shape index (κ2) is 11.3. The van der Waals surface area contributed by atoms with Crippen molar-refractivity contribution in [2.24, 2.45) is 0 Å². The van der Waals surface area contributed by atoms with Gasteiger partial charge in [0, 0.05) is 32.5 Å². The van der Waals surface area contributed by atoms with Gasteiger partial charge in [-0.1, -0.05) is 84.9 Å². The molecule has 6 rings (SSSR count). The zero-order valence-electron chi connectivity index (χ0n) is 22.6. The molecule has 2 saturated heterocycles. The van der Waals surface area contributed by atoms with Crippen molar-refractivity contribution in [1.29, 1.82) is 0 Å². The summed E-state index contributed by atoms with van der Waals surface area (Å²) in [5.74, 6) is -0.0673. The van der Waals surface area contributed by atoms with Gasteiger partial charge in [0.2, 0.25) is 11.8 Å². The number of rotatable bonds is 6. The Kier molecular flexibility index (Phi) is 7.29. The molecule has 0 aliphatic carbocycles. The Hall–Kier alpha value is -4.85. The van der Waals surface area contributed by atoms with E-state index in [0.29, 0.717) is 13.0 Å². The third-order valence-electron chi connectivity index (χ3n) is 8.01. The molecule has 41 heavy (non-hydrogen) atoms. The van der Waals surface area contributed by atoms with Gasteiger partial charge in [-0.3, -0.25) is 9.59 Å². The van der Waals surface area contributed by atoms with Crippen LogP contribution in [0, 0.1) is 0 Å². The molecule has 0 unspecified atom stereocenters. The number of fused-ring (bicyclic) bond motifs is 2. The number of carbonyl (C=O) groups excluding carboxylic acids is 3. The van der Waals surface area contributed by atoms with Crippen LogP contribution in [0.1, 0.15) is 23.1 Å². The van der Waals surface area contributed by atoms with Crippen LogP contribution in [0.2, 0.25) is 0 Å². The molecule has 208 valence electrons. The van der Waals surface area contributed by atoms with Crippen molar-refractivity contribution in [2.75, 3.05) is 13.1 Å². The van der Waals surface area contributed by atoms with E-state index in [9.17, 15) is 19.5 Å². The van der Waals surface area contributed by atoms with Crippen molar-refractivity contribution in [3.05, 3.63) is 114 Å². The molecule has 4 amide bonds. The summed E-state index contributed by atoms with van der Waals surface area (Å²) in [6.45, 7) is 1.16. The number of hydrogen-bond acceptors (Lipinski definition) is 4. The molecule has 2 N–H and O–H groups in total. The molecule has 0 aromatic heterocycles. The minimum Gasteiger partial charge on any atom is -0.508 e. The minimum absolute atomic E-state index is 0.113. The van der Waals surface area contributed by atoms with Gasteiger partial charge in [-0.05, 0) is 39.6 Å². The first kappa shape index (κ1) is 26.4. The lowest BCUT2D eigenvalue weighted by molar-refractivity contribution is -0.167. The Bertz CT molecular complexity index is 1570. The number of aromatic hydroxyl groups is 1. The number of piperazine rings is 1. The molecule has 0 radical (unpaired) electrons. The average molecular weight is 549 g/mol. The van der Waals surface area contributed by atoms with E-state index in [1.165, 1.54) is 0 Å². The van der Waals surface area contributed by atoms with Crippen molar-refractivity contribution in [3.8, 4) is 5.75 Å². The van der Waals surface area contributed by atoms with Gasteiger partial charge in [0.25, 0.3) is 0 Å². The van der Waals surface area contributed by atoms with Crippen molar-refractivity contribution in [1.82, 2.24) is 20.0 Å². The fourth-order valence-electron chi connectivity index (χ4n) is 5.93. The van der Waals surface area contributed by atoms with Crippen LogP contribution in [0.25, 0.3) is 10.8 Å². The Labute approximate surface area is 238 Å². The molecule has 8 heteroatoms. The molecule has 4 aromatic carbocycles. The second-order valence-electron chi connectivity index (χ2n) is 10.6. The molecule has 0 saturated carbocycles. The number of benzene rings is 4. The molecule has 2 fully saturated rings. The summed E-state index contributed by atoms with van der Waals surface area (Å²) in [7, 11) is 0. The van der Waals surface area contributed by atoms with Crippen LogP contribution in [0.15, 0.2) is 97.1 Å². The maximum absolute atomic E-state index is 14.1. The number of nitrogens with one attached hydrogen (secondary N) is 1. The van der Waals surface area contributed by atoms with E-state index in [1.54, 1.807) is 39.0 Å². The van der Waals surface area contributed by atoms with Gasteiger partial charge in [-0.25, -0.2) is 4.79 Å². The Morgan fingerprint density at radius 1 is 0.854 bits per heavy atom. The Morgan fingerprint density at radius 3 is 2.39 bits per heavy atom. The molecule has 0 spiro atoms. The van der Waals surface area contributed by atoms with Gasteiger partial charge in [-0.2, -0.15) is 0 Å². The highest BCUT2D eigenvalue weighted by Crippen LogP contribution is 2.30. The van der Waals surface area contributed by atoms with E-state index >= 15 is 0 Å². The van der Waals surface area contributed by atoms with Crippen LogP contribution in [-0.4, -0.2) is 62.9 Å². The topological polar surface area (TPSA) is 93.2 Å². The number of nitrogens with zero attached hydrogens (tertiary/aromatic N) is 3. The number of hydrogen-bond donors (Lipinski definition) is 2. The predicted octanol–water partition coefficient (Wildman–Crippen LogP) is 4.27. The molecule has 0 bridgehead atoms. The SMILES string of the molecule is O=C1[C@H](Cc2ccccc2)N2C(=O)CCN(C(=O)NCc3ccc(O)cc3)[C@H]2CN1Cc1cccc2ccccc12. The third-order valence-corrected chi connectivity index (χ3v) is 8.01. The van der Waals surface area contributed by atoms with Gasteiger partial charge in [0.15, 0.2) is 0 Å². The van der Waals surface area contributed by atoms with E-state index in [-0.39, 0.29) is 49.7 Å². The van der Waals surface area contributed by atoms with Gasteiger partial charge in [0.1, 0.15) is 18.0 Å². The average Bonchev–Trinajstić information content (AvgIpc) is 2.99. The summed E-state index contributed by atoms with van der Waals surface area (Å²) in [5, 5.41) is 14.7. The first-order valence-corrected chi connectivity index (χ1v) is 13.9. The van der Waals surface area contributed by atoms with E-state index in [4.69, 9.17) is 0 Å². The molecule has 2 aliphatic rings. The zero-order valence-corrected chi connectivity index (χ0v) is 22.6. The van der Waals surface area contributed by atoms with Gasteiger partial charge in [0.05, 0.1) is 6.54 Å². The molecular weight excluding hydrogens is 516 g/mol. The number of urea groups is 1. The number of carbonyl (C=O) groups is 3. The Morgan fingerprint density at radius 2 is 1.59 bits per heavy atom. The van der Waals surface area contributed by atoms with Crippen LogP contribution in [0.3, 0.4) is 0 Å². The lowest BCUT2D eigenvalue weighted by Crippen LogP contribution is -2.72. The Balaban J connectivity index is 1.30. The maximum atomic E-state index is 14.1. The zero-order chi connectivity index (χ0) is 28.3. The van der Waals surface area contributed by atoms with Gasteiger partial charge in [-0.15, -0.1) is 0 Å². The highest BCUT2D eigenvalue weighted by molar-refractivity contribution is 5.92. The predicted molar refractivity (Wildman–Crippen MR) is 156 cm³/mol. The van der Waals surface area contributed by atoms with Crippen molar-refractivity contribution in [3.63, 3.8) is 0 Å². The smallest absolute Gasteiger partial charge is 0.319 e. The van der Waals surface area contributed by atoms with Crippen LogP contribution in [-0.2, 0) is 29.1 Å². The first-order valence-electron chi connectivity index (χ1n) is 13.9. The van der Waals surface area contributed by atoms with E-state index in [2.05, 4.69) is 23.5 Å². The van der Waals surface area contributed by atoms with Gasteiger partial charge < -0.3 is 25.1 Å². The minimum atomic E-state index is -0.716. The van der Waals surface area contributed by atoms with Crippen LogP contribution < -0.4 is 5.32 Å². The van der Waals surface area contributed by atoms with E-state index in [1.807, 2.05) is 54.6 Å². The highest BCUT2D eigenvalue weighted by Gasteiger charge is 2.48. The van der Waals surface area contributed by atoms with Crippen molar-refractivity contribution in [2.45, 2.75) is 38.1 Å². The molecule has 2 atom stereocenters. The normalized spacial score (nSPS) is 18.9. The van der Waals surface area contributed by atoms with Crippen LogP contribution in [0.4, 0.5) is 4.79 Å². The summed E-state index contributed by atoms with van der Waals surface area (Å²) >= 11 is 0. The quantitative estimate of drug-likeness (QED) is 0.377. The largest absolute Gasteiger partial charge is 0.508 e. The summed E-state index contributed by atoms with van der Waals surface area (Å²) in [6.07, 6.45) is -0.0560. The lowest BCUT2D eigenvalue weighted by Gasteiger charge is -2.52. The fraction of sp³-hybridized carbons (Fsp3) is 0.242. The number of phenolic OH excluding ortho intramolecular Hbond substituents is 1. The van der Waals surface area contributed by atoms with E-state index < -0.39 is 12.2 Å². The summed E-state index contributed by atoms with van der Waals surface area (Å²) in [4.78, 5) is 46.1. The molecular formula is C33H32N4O4. The third kappa shape index (κ3) is 5.45. The molecule has 2 aliphatic heterocycles. The highest BCUT2D eigenvalue weighted by atomic mass is 16.3. The number of phenols is 1. The van der Waals surface area contributed by atoms with Gasteiger partial charge >= 0.3 is 6.03 Å². The second-order valence-corrected chi connectivity index (χ2v) is 10.6. The molecule has 2 heterocycles. The lowest BCUT2D eigenvalue weighted by atomic mass is 9.96. The van der Waals surface area contributed by atoms with Crippen molar-refractivity contribution >= 4 is 28.6 Å². The molecule has 8 nitrogen and oxygen atoms in total. The summed E-state index contributed by atoms with van der Waals surface area (Å²) in [6, 6.07) is 29.5. The fourth-order valence-corrected chi connectivity index (χ4v) is 5.93. The summed E-state index contributed by atoms with van der Waals surface area (Å²) in [5.41, 5.74) is 2.83. The molecule has 4 aromatic rings. The standard InChI is InChI=1S/C33H32N4O4/c38-27-15-13-24(14-16-27)20-34-33(41)36-18-17-31(39)37-29(19-23-7-2-1-3-8-23)32(40)35(22-30(36)37)21-26-11-6-10-25-9-4-5-12-28(25)26/h1-16,29-30,38H,17-22H2,(H,34,41)/t29-,30+/m0/s1. The van der Waals surface area contributed by atoms with E-state index in [0.717, 1.165) is 27.5 Å². The number of amides is 4. The van der Waals surface area contributed by atoms with Crippen molar-refractivity contribution < 1.29 is 19.5 Å². The monoisotopic (exact) mass is 548 g/mol. The van der Waals surface area contributed by atoms with Crippen LogP contribution in [0.5, 0.6) is 5.75 Å². The maximum Gasteiger partial charge on any atom is 0.319 e.